The number of carbonyl (C=O) groups is 1. The van der Waals surface area contributed by atoms with Crippen LogP contribution in [0.15, 0.2) is 36.4 Å². The van der Waals surface area contributed by atoms with Crippen molar-refractivity contribution in [3.8, 4) is 23.5 Å². The van der Waals surface area contributed by atoms with Gasteiger partial charge in [0.25, 0.3) is 0 Å². The van der Waals surface area contributed by atoms with Gasteiger partial charge in [0.1, 0.15) is 9.75 Å². The van der Waals surface area contributed by atoms with E-state index in [1.54, 1.807) is 30.3 Å². The molecule has 0 radical (unpaired) electrons. The third-order valence-corrected chi connectivity index (χ3v) is 3.72. The molecule has 0 unspecified atom stereocenters. The molecule has 21 heavy (non-hydrogen) atoms. The average molecular weight is 310 g/mol. The summed E-state index contributed by atoms with van der Waals surface area (Å²) >= 11 is 0.352. The second kappa shape index (κ2) is 6.02. The molecule has 0 aliphatic heterocycles. The largest absolute Gasteiger partial charge is 0.448 e. The summed E-state index contributed by atoms with van der Waals surface area (Å²) in [5, 5.41) is 0. The Morgan fingerprint density at radius 2 is 1.95 bits per heavy atom. The Hall–Kier alpha value is -2.26. The number of terminal acetylenes is 1. The lowest BCUT2D eigenvalue weighted by Gasteiger charge is -2.07. The zero-order valence-electron chi connectivity index (χ0n) is 10.6. The van der Waals surface area contributed by atoms with Gasteiger partial charge in [-0.3, -0.25) is 0 Å². The first-order chi connectivity index (χ1) is 9.93. The van der Waals surface area contributed by atoms with Crippen molar-refractivity contribution in [2.24, 2.45) is 0 Å². The summed E-state index contributed by atoms with van der Waals surface area (Å²) in [6.07, 6.45) is 0.405. The van der Waals surface area contributed by atoms with Crippen molar-refractivity contribution < 1.29 is 22.7 Å². The van der Waals surface area contributed by atoms with Crippen LogP contribution in [0.1, 0.15) is 14.5 Å². The minimum Gasteiger partial charge on any atom is -0.448 e. The number of hydrogen-bond acceptors (Lipinski definition) is 3. The lowest BCUT2D eigenvalue weighted by atomic mass is 10.1. The maximum absolute atomic E-state index is 13.1. The molecule has 0 aliphatic carbocycles. The highest BCUT2D eigenvalue weighted by Gasteiger charge is 2.37. The first-order valence-electron chi connectivity index (χ1n) is 5.80. The smallest absolute Gasteiger partial charge is 0.426 e. The third-order valence-electron chi connectivity index (χ3n) is 2.56. The molecule has 0 fully saturated rings. The number of hydrogen-bond donors (Lipinski definition) is 0. The minimum absolute atomic E-state index is 0.0410. The first-order valence-corrected chi connectivity index (χ1v) is 6.62. The van der Waals surface area contributed by atoms with Crippen LogP contribution in [0.25, 0.3) is 11.1 Å². The molecule has 0 N–H and O–H groups in total. The Labute approximate surface area is 123 Å². The third kappa shape index (κ3) is 3.44. The SMILES string of the molecule is C#CCOC(=O)c1cc(-c2ccccc2)c(C(F)(F)F)s1. The maximum Gasteiger partial charge on any atom is 0.426 e. The Morgan fingerprint density at radius 3 is 2.52 bits per heavy atom. The highest BCUT2D eigenvalue weighted by molar-refractivity contribution is 7.14. The molecule has 0 bridgehead atoms. The van der Waals surface area contributed by atoms with Crippen LogP contribution in [0.3, 0.4) is 0 Å². The van der Waals surface area contributed by atoms with E-state index in [-0.39, 0.29) is 17.0 Å². The van der Waals surface area contributed by atoms with Gasteiger partial charge in [-0.25, -0.2) is 4.79 Å². The van der Waals surface area contributed by atoms with Crippen molar-refractivity contribution in [2.45, 2.75) is 6.18 Å². The van der Waals surface area contributed by atoms with Crippen LogP contribution in [0.2, 0.25) is 0 Å². The van der Waals surface area contributed by atoms with E-state index in [1.165, 1.54) is 6.07 Å². The summed E-state index contributed by atoms with van der Waals surface area (Å²) in [4.78, 5) is 10.7. The second-order valence-corrected chi connectivity index (χ2v) is 5.05. The lowest BCUT2D eigenvalue weighted by molar-refractivity contribution is -0.133. The van der Waals surface area contributed by atoms with Crippen LogP contribution in [-0.2, 0) is 10.9 Å². The highest BCUT2D eigenvalue weighted by atomic mass is 32.1. The van der Waals surface area contributed by atoms with Gasteiger partial charge >= 0.3 is 12.1 Å². The van der Waals surface area contributed by atoms with E-state index < -0.39 is 17.0 Å². The van der Waals surface area contributed by atoms with Crippen LogP contribution in [0.4, 0.5) is 13.2 Å². The molecule has 108 valence electrons. The number of halogens is 3. The van der Waals surface area contributed by atoms with E-state index >= 15 is 0 Å². The topological polar surface area (TPSA) is 26.3 Å². The van der Waals surface area contributed by atoms with Gasteiger partial charge in [-0.15, -0.1) is 17.8 Å². The van der Waals surface area contributed by atoms with Crippen molar-refractivity contribution in [3.63, 3.8) is 0 Å². The minimum atomic E-state index is -4.54. The number of thiophene rings is 1. The van der Waals surface area contributed by atoms with E-state index in [2.05, 4.69) is 10.7 Å². The predicted molar refractivity (Wildman–Crippen MR) is 73.9 cm³/mol. The summed E-state index contributed by atoms with van der Waals surface area (Å²) in [7, 11) is 0. The van der Waals surface area contributed by atoms with Crippen molar-refractivity contribution >= 4 is 17.3 Å². The average Bonchev–Trinajstić information content (AvgIpc) is 2.91. The van der Waals surface area contributed by atoms with E-state index in [0.29, 0.717) is 16.9 Å². The molecule has 0 atom stereocenters. The number of alkyl halides is 3. The number of esters is 1. The zero-order valence-corrected chi connectivity index (χ0v) is 11.4. The van der Waals surface area contributed by atoms with Crippen LogP contribution in [0, 0.1) is 12.3 Å². The number of rotatable bonds is 3. The molecule has 2 rings (SSSR count). The van der Waals surface area contributed by atoms with Crippen LogP contribution < -0.4 is 0 Å². The normalized spacial score (nSPS) is 11.0. The Morgan fingerprint density at radius 1 is 1.29 bits per heavy atom. The number of carbonyl (C=O) groups excluding carboxylic acids is 1. The molecule has 1 heterocycles. The van der Waals surface area contributed by atoms with Gasteiger partial charge in [0, 0.05) is 5.56 Å². The van der Waals surface area contributed by atoms with Gasteiger partial charge < -0.3 is 4.74 Å². The molecule has 2 nitrogen and oxygen atoms in total. The van der Waals surface area contributed by atoms with Gasteiger partial charge in [0.05, 0.1) is 0 Å². The van der Waals surface area contributed by atoms with Gasteiger partial charge in [-0.2, -0.15) is 13.2 Å². The molecule has 2 aromatic rings. The molecule has 0 amide bonds. The highest BCUT2D eigenvalue weighted by Crippen LogP contribution is 2.42. The van der Waals surface area contributed by atoms with Crippen molar-refractivity contribution in [1.29, 1.82) is 0 Å². The second-order valence-electron chi connectivity index (χ2n) is 4.00. The summed E-state index contributed by atoms with van der Waals surface area (Å²) in [5.74, 6) is 1.24. The lowest BCUT2D eigenvalue weighted by Crippen LogP contribution is -2.04. The van der Waals surface area contributed by atoms with Crippen molar-refractivity contribution in [2.75, 3.05) is 6.61 Å². The Kier molecular flexibility index (Phi) is 4.34. The molecule has 0 aliphatic rings. The summed E-state index contributed by atoms with van der Waals surface area (Å²) in [6, 6.07) is 9.24. The molecule has 0 saturated heterocycles. The number of ether oxygens (including phenoxy) is 1. The molecule has 0 saturated carbocycles. The summed E-state index contributed by atoms with van der Waals surface area (Å²) in [6.45, 7) is -0.279. The van der Waals surface area contributed by atoms with Crippen LogP contribution in [-0.4, -0.2) is 12.6 Å². The Balaban J connectivity index is 2.47. The quantitative estimate of drug-likeness (QED) is 0.626. The molecule has 1 aromatic carbocycles. The zero-order chi connectivity index (χ0) is 15.5. The molecular weight excluding hydrogens is 301 g/mol. The molecule has 6 heteroatoms. The monoisotopic (exact) mass is 310 g/mol. The van der Waals surface area contributed by atoms with E-state index in [1.807, 2.05) is 0 Å². The standard InChI is InChI=1S/C15H9F3O2S/c1-2-8-20-14(19)12-9-11(10-6-4-3-5-7-10)13(21-12)15(16,17)18/h1,3-7,9H,8H2. The van der Waals surface area contributed by atoms with Gasteiger partial charge in [-0.1, -0.05) is 36.3 Å². The summed E-state index contributed by atoms with van der Waals surface area (Å²) < 4.78 is 43.9. The fraction of sp³-hybridized carbons (Fsp3) is 0.133. The van der Waals surface area contributed by atoms with Crippen LogP contribution >= 0.6 is 11.3 Å². The van der Waals surface area contributed by atoms with Gasteiger partial charge in [0.15, 0.2) is 6.61 Å². The first kappa shape index (κ1) is 15.1. The number of benzene rings is 1. The van der Waals surface area contributed by atoms with Crippen LogP contribution in [0.5, 0.6) is 0 Å². The van der Waals surface area contributed by atoms with Gasteiger partial charge in [0.2, 0.25) is 0 Å². The summed E-state index contributed by atoms with van der Waals surface area (Å²) in [5.41, 5.74) is 0.345. The fourth-order valence-corrected chi connectivity index (χ4v) is 2.65. The molecule has 0 spiro atoms. The molecular formula is C15H9F3O2S. The van der Waals surface area contributed by atoms with E-state index in [9.17, 15) is 18.0 Å². The molecule has 1 aromatic heterocycles. The van der Waals surface area contributed by atoms with Gasteiger partial charge in [-0.05, 0) is 11.6 Å². The fourth-order valence-electron chi connectivity index (χ4n) is 1.71. The van der Waals surface area contributed by atoms with E-state index in [0.717, 1.165) is 0 Å². The van der Waals surface area contributed by atoms with Crippen molar-refractivity contribution in [3.05, 3.63) is 46.2 Å². The Bertz CT molecular complexity index is 681. The maximum atomic E-state index is 13.1. The predicted octanol–water partition coefficient (Wildman–Crippen LogP) is 4.22. The van der Waals surface area contributed by atoms with E-state index in [4.69, 9.17) is 6.42 Å². The van der Waals surface area contributed by atoms with Crippen molar-refractivity contribution in [1.82, 2.24) is 0 Å².